The van der Waals surface area contributed by atoms with Gasteiger partial charge < -0.3 is 0 Å². The van der Waals surface area contributed by atoms with Crippen LogP contribution in [0.2, 0.25) is 0 Å². The third kappa shape index (κ3) is 6.24. The fraction of sp³-hybridized carbons (Fsp3) is 1.00. The van der Waals surface area contributed by atoms with E-state index in [-0.39, 0.29) is 12.3 Å². The Morgan fingerprint density at radius 2 is 1.50 bits per heavy atom. The molecule has 0 aromatic heterocycles. The van der Waals surface area contributed by atoms with Crippen molar-refractivity contribution in [3.8, 4) is 0 Å². The minimum Gasteiger partial charge on any atom is -0.239 e. The Labute approximate surface area is 54.5 Å². The third-order valence-corrected chi connectivity index (χ3v) is 1.23. The summed E-state index contributed by atoms with van der Waals surface area (Å²) in [7, 11) is 1.52. The zero-order valence-corrected chi connectivity index (χ0v) is 5.93. The molecule has 0 spiro atoms. The van der Waals surface area contributed by atoms with Crippen LogP contribution >= 0.6 is 12.3 Å². The second-order valence-corrected chi connectivity index (χ2v) is 2.26. The monoisotopic (exact) mass is 137 g/mol. The van der Waals surface area contributed by atoms with Gasteiger partial charge in [0.1, 0.15) is 12.3 Å². The number of rotatable bonds is 1. The van der Waals surface area contributed by atoms with Crippen LogP contribution in [0.3, 0.4) is 0 Å². The summed E-state index contributed by atoms with van der Waals surface area (Å²) < 4.78 is 12.7. The van der Waals surface area contributed by atoms with Crippen molar-refractivity contribution in [3.05, 3.63) is 0 Å². The Morgan fingerprint density at radius 3 is 1.50 bits per heavy atom. The Morgan fingerprint density at radius 1 is 1.25 bits per heavy atom. The van der Waals surface area contributed by atoms with E-state index in [1.54, 1.807) is 0 Å². The summed E-state index contributed by atoms with van der Waals surface area (Å²) in [4.78, 5) is 0. The van der Waals surface area contributed by atoms with Crippen molar-refractivity contribution < 1.29 is 3.89 Å². The molecule has 0 saturated heterocycles. The highest BCUT2D eigenvalue weighted by Crippen LogP contribution is 2.15. The van der Waals surface area contributed by atoms with E-state index in [1.165, 1.54) is 32.7 Å². The maximum Gasteiger partial charge on any atom is 0.131 e. The maximum atomic E-state index is 10.5. The van der Waals surface area contributed by atoms with Crippen LogP contribution in [0, 0.1) is 0 Å². The summed E-state index contributed by atoms with van der Waals surface area (Å²) in [6.07, 6.45) is 6.00. The lowest BCUT2D eigenvalue weighted by Gasteiger charge is -2.05. The van der Waals surface area contributed by atoms with Gasteiger partial charge in [-0.1, -0.05) is 25.7 Å². The van der Waals surface area contributed by atoms with Crippen molar-refractivity contribution >= 4 is 12.3 Å². The Bertz CT molecular complexity index is 33.4. The average molecular weight is 137 g/mol. The molecule has 50 valence electrons. The molecule has 8 heavy (non-hydrogen) atoms. The predicted octanol–water partition coefficient (Wildman–Crippen LogP) is 2.30. The highest BCUT2D eigenvalue weighted by Gasteiger charge is 1.95. The molecule has 0 radical (unpaired) electrons. The molecule has 0 aromatic rings. The molecule has 1 aliphatic rings. The number of hydrogen-bond donors (Lipinski definition) is 1. The van der Waals surface area contributed by atoms with Gasteiger partial charge in [0.2, 0.25) is 0 Å². The first-order valence-electron chi connectivity index (χ1n) is 2.86. The van der Waals surface area contributed by atoms with E-state index in [1.807, 2.05) is 0 Å². The van der Waals surface area contributed by atoms with Crippen LogP contribution in [-0.4, -0.2) is 7.05 Å². The zero-order chi connectivity index (χ0) is 6.24. The van der Waals surface area contributed by atoms with E-state index in [0.29, 0.717) is 0 Å². The summed E-state index contributed by atoms with van der Waals surface area (Å²) in [5.41, 5.74) is 0. The van der Waals surface area contributed by atoms with Crippen LogP contribution in [0.5, 0.6) is 0 Å². The Balaban J connectivity index is 0.000000122. The van der Waals surface area contributed by atoms with Crippen LogP contribution in [0.15, 0.2) is 0 Å². The van der Waals surface area contributed by atoms with Crippen LogP contribution in [-0.2, 0) is 0 Å². The van der Waals surface area contributed by atoms with Gasteiger partial charge in [-0.05, 0) is 7.05 Å². The van der Waals surface area contributed by atoms with Crippen LogP contribution in [0.1, 0.15) is 25.7 Å². The highest BCUT2D eigenvalue weighted by molar-refractivity contribution is 7.92. The van der Waals surface area contributed by atoms with Crippen molar-refractivity contribution in [2.45, 2.75) is 25.7 Å². The van der Waals surface area contributed by atoms with Crippen LogP contribution < -0.4 is 4.72 Å². The van der Waals surface area contributed by atoms with Crippen molar-refractivity contribution in [2.24, 2.45) is 0 Å². The standard InChI is InChI=1S/C4H8.CH4FNS/c1-2-4-3-1;1-3-4-2/h1-4H2;3H,1H3. The maximum absolute atomic E-state index is 10.5. The van der Waals surface area contributed by atoms with Gasteiger partial charge in [0, 0.05) is 0 Å². The summed E-state index contributed by atoms with van der Waals surface area (Å²) in [6.45, 7) is 0. The molecule has 1 rings (SSSR count). The molecule has 0 amide bonds. The van der Waals surface area contributed by atoms with Gasteiger partial charge in [0.05, 0.1) is 0 Å². The summed E-state index contributed by atoms with van der Waals surface area (Å²) in [5.74, 6) is 0. The second kappa shape index (κ2) is 7.24. The molecular weight excluding hydrogens is 125 g/mol. The lowest BCUT2D eigenvalue weighted by Crippen LogP contribution is -1.85. The fourth-order valence-electron chi connectivity index (χ4n) is 0.250. The first-order valence-corrected chi connectivity index (χ1v) is 3.58. The lowest BCUT2D eigenvalue weighted by atomic mass is 10.0. The van der Waals surface area contributed by atoms with Crippen LogP contribution in [0.25, 0.3) is 0 Å². The first-order chi connectivity index (χ1) is 3.91. The summed E-state index contributed by atoms with van der Waals surface area (Å²) in [6, 6.07) is 0. The van der Waals surface area contributed by atoms with E-state index in [4.69, 9.17) is 0 Å². The fourth-order valence-corrected chi connectivity index (χ4v) is 0.250. The largest absolute Gasteiger partial charge is 0.239 e. The van der Waals surface area contributed by atoms with Gasteiger partial charge in [-0.15, -0.1) is 3.89 Å². The molecule has 0 aliphatic heterocycles. The quantitative estimate of drug-likeness (QED) is 0.556. The van der Waals surface area contributed by atoms with E-state index in [2.05, 4.69) is 4.72 Å². The number of hydrogen-bond acceptors (Lipinski definition) is 2. The molecule has 1 nitrogen and oxygen atoms in total. The summed E-state index contributed by atoms with van der Waals surface area (Å²) >= 11 is 0.106. The topological polar surface area (TPSA) is 12.0 Å². The Kier molecular flexibility index (Phi) is 7.46. The van der Waals surface area contributed by atoms with Gasteiger partial charge in [-0.2, -0.15) is 0 Å². The van der Waals surface area contributed by atoms with E-state index < -0.39 is 0 Å². The van der Waals surface area contributed by atoms with Gasteiger partial charge in [-0.3, -0.25) is 0 Å². The average Bonchev–Trinajstić information content (AvgIpc) is 1.61. The zero-order valence-electron chi connectivity index (χ0n) is 5.11. The molecule has 0 bridgehead atoms. The van der Waals surface area contributed by atoms with Gasteiger partial charge in [-0.25, -0.2) is 4.72 Å². The van der Waals surface area contributed by atoms with Crippen molar-refractivity contribution in [3.63, 3.8) is 0 Å². The SMILES string of the molecule is C1CCC1.CNSF. The first kappa shape index (κ1) is 8.24. The smallest absolute Gasteiger partial charge is 0.131 e. The van der Waals surface area contributed by atoms with Gasteiger partial charge >= 0.3 is 0 Å². The molecule has 0 atom stereocenters. The van der Waals surface area contributed by atoms with E-state index in [0.717, 1.165) is 0 Å². The van der Waals surface area contributed by atoms with Crippen LogP contribution in [0.4, 0.5) is 3.89 Å². The molecule has 0 heterocycles. The normalized spacial score (nSPS) is 15.8. The van der Waals surface area contributed by atoms with Gasteiger partial charge in [0.15, 0.2) is 0 Å². The summed E-state index contributed by atoms with van der Waals surface area (Å²) in [5, 5.41) is 0. The van der Waals surface area contributed by atoms with E-state index >= 15 is 0 Å². The number of halogens is 1. The minimum atomic E-state index is 0.106. The molecule has 1 fully saturated rings. The molecule has 0 unspecified atom stereocenters. The molecule has 1 aliphatic carbocycles. The van der Waals surface area contributed by atoms with Crippen molar-refractivity contribution in [2.75, 3.05) is 7.05 Å². The van der Waals surface area contributed by atoms with Gasteiger partial charge in [0.25, 0.3) is 0 Å². The molecule has 1 N–H and O–H groups in total. The lowest BCUT2D eigenvalue weighted by molar-refractivity contribution is 0.504. The number of nitrogens with one attached hydrogen (secondary N) is 1. The molecule has 1 saturated carbocycles. The molecule has 3 heteroatoms. The van der Waals surface area contributed by atoms with Crippen molar-refractivity contribution in [1.29, 1.82) is 0 Å². The highest BCUT2D eigenvalue weighted by atomic mass is 32.2. The van der Waals surface area contributed by atoms with E-state index in [9.17, 15) is 3.89 Å². The second-order valence-electron chi connectivity index (χ2n) is 1.70. The predicted molar refractivity (Wildman–Crippen MR) is 36.2 cm³/mol. The van der Waals surface area contributed by atoms with Crippen molar-refractivity contribution in [1.82, 2.24) is 4.72 Å². The molecular formula is C5H12FNS. The minimum absolute atomic E-state index is 0.106. The Hall–Kier alpha value is 0.240. The third-order valence-electron chi connectivity index (χ3n) is 1.08. The molecule has 0 aromatic carbocycles.